The van der Waals surface area contributed by atoms with Crippen LogP contribution in [0.1, 0.15) is 61.1 Å². The largest absolute Gasteiger partial charge is 0.497 e. The summed E-state index contributed by atoms with van der Waals surface area (Å²) in [7, 11) is 1.69. The van der Waals surface area contributed by atoms with Crippen molar-refractivity contribution in [3.63, 3.8) is 0 Å². The lowest BCUT2D eigenvalue weighted by molar-refractivity contribution is -0.153. The molecule has 2 aromatic rings. The molecule has 1 saturated carbocycles. The Balaban J connectivity index is 1.70. The van der Waals surface area contributed by atoms with Crippen LogP contribution in [-0.4, -0.2) is 13.1 Å². The van der Waals surface area contributed by atoms with Crippen LogP contribution in [0.5, 0.6) is 5.75 Å². The molecule has 0 N–H and O–H groups in total. The second-order valence-corrected chi connectivity index (χ2v) is 8.32. The summed E-state index contributed by atoms with van der Waals surface area (Å²) < 4.78 is 11.5. The molecule has 2 aromatic carbocycles. The third kappa shape index (κ3) is 2.60. The summed E-state index contributed by atoms with van der Waals surface area (Å²) in [4.78, 5) is 13.5. The Morgan fingerprint density at radius 1 is 0.964 bits per heavy atom. The van der Waals surface area contributed by atoms with Crippen LogP contribution >= 0.6 is 0 Å². The van der Waals surface area contributed by atoms with Crippen molar-refractivity contribution in [2.45, 2.75) is 50.9 Å². The molecule has 0 amide bonds. The van der Waals surface area contributed by atoms with Crippen molar-refractivity contribution >= 4 is 11.7 Å². The van der Waals surface area contributed by atoms with Crippen LogP contribution in [0.25, 0.3) is 5.76 Å². The predicted octanol–water partition coefficient (Wildman–Crippen LogP) is 5.64. The molecule has 3 aliphatic rings. The third-order valence-corrected chi connectivity index (χ3v) is 6.91. The molecular weight excluding hydrogens is 348 g/mol. The Morgan fingerprint density at radius 3 is 2.46 bits per heavy atom. The first-order chi connectivity index (χ1) is 13.7. The average molecular weight is 374 g/mol. The fourth-order valence-electron chi connectivity index (χ4n) is 5.55. The molecule has 3 heteroatoms. The first kappa shape index (κ1) is 17.5. The lowest BCUT2D eigenvalue weighted by Crippen LogP contribution is -2.45. The second kappa shape index (κ2) is 6.80. The number of allylic oxidation sites excluding steroid dienone is 1. The van der Waals surface area contributed by atoms with Gasteiger partial charge in [-0.05, 0) is 54.5 Å². The molecule has 1 atom stereocenters. The van der Waals surface area contributed by atoms with Gasteiger partial charge in [-0.25, -0.2) is 0 Å². The van der Waals surface area contributed by atoms with Crippen molar-refractivity contribution in [1.29, 1.82) is 0 Å². The second-order valence-electron chi connectivity index (χ2n) is 8.32. The van der Waals surface area contributed by atoms with E-state index >= 15 is 0 Å². The summed E-state index contributed by atoms with van der Waals surface area (Å²) in [6.07, 6.45) is 7.20. The highest BCUT2D eigenvalue weighted by Gasteiger charge is 2.54. The first-order valence-electron chi connectivity index (χ1n) is 10.4. The van der Waals surface area contributed by atoms with E-state index in [0.717, 1.165) is 55.6 Å². The number of hydrogen-bond acceptors (Lipinski definition) is 3. The van der Waals surface area contributed by atoms with Crippen LogP contribution in [-0.2, 0) is 16.0 Å². The topological polar surface area (TPSA) is 35.5 Å². The summed E-state index contributed by atoms with van der Waals surface area (Å²) >= 11 is 0. The standard InChI is InChI=1S/C25H26O3/c1-27-19-12-9-18(10-13-19)22-21-14-11-17-7-3-4-8-20(17)23(21)28-24(26)25(22)15-5-2-6-16-25/h3-4,7-10,12-13,22H,2,5-6,11,14-16H2,1H3. The summed E-state index contributed by atoms with van der Waals surface area (Å²) in [5, 5.41) is 0. The van der Waals surface area contributed by atoms with Gasteiger partial charge in [0.2, 0.25) is 0 Å². The van der Waals surface area contributed by atoms with Gasteiger partial charge in [-0.2, -0.15) is 0 Å². The fraction of sp³-hybridized carbons (Fsp3) is 0.400. The molecule has 0 bridgehead atoms. The smallest absolute Gasteiger partial charge is 0.318 e. The summed E-state index contributed by atoms with van der Waals surface area (Å²) in [6, 6.07) is 16.7. The van der Waals surface area contributed by atoms with Crippen LogP contribution in [0.4, 0.5) is 0 Å². The van der Waals surface area contributed by atoms with E-state index in [9.17, 15) is 4.79 Å². The molecule has 1 heterocycles. The molecule has 0 radical (unpaired) electrons. The molecule has 2 aliphatic carbocycles. The predicted molar refractivity (Wildman–Crippen MR) is 109 cm³/mol. The van der Waals surface area contributed by atoms with Gasteiger partial charge in [0, 0.05) is 11.5 Å². The zero-order chi connectivity index (χ0) is 19.1. The van der Waals surface area contributed by atoms with Crippen molar-refractivity contribution in [3.8, 4) is 5.75 Å². The Hall–Kier alpha value is -2.55. The Morgan fingerprint density at radius 2 is 1.71 bits per heavy atom. The van der Waals surface area contributed by atoms with Gasteiger partial charge in [0.1, 0.15) is 11.5 Å². The molecule has 28 heavy (non-hydrogen) atoms. The zero-order valence-corrected chi connectivity index (χ0v) is 16.4. The summed E-state index contributed by atoms with van der Waals surface area (Å²) in [6.45, 7) is 0. The first-order valence-corrected chi connectivity index (χ1v) is 10.4. The van der Waals surface area contributed by atoms with E-state index in [-0.39, 0.29) is 11.9 Å². The van der Waals surface area contributed by atoms with E-state index in [2.05, 4.69) is 30.3 Å². The van der Waals surface area contributed by atoms with Gasteiger partial charge < -0.3 is 9.47 Å². The number of rotatable bonds is 2. The van der Waals surface area contributed by atoms with E-state index in [1.165, 1.54) is 23.1 Å². The van der Waals surface area contributed by atoms with Gasteiger partial charge in [0.25, 0.3) is 0 Å². The number of ether oxygens (including phenoxy) is 2. The van der Waals surface area contributed by atoms with Gasteiger partial charge in [-0.1, -0.05) is 55.7 Å². The quantitative estimate of drug-likeness (QED) is 0.638. The number of fused-ring (bicyclic) bond motifs is 2. The minimum absolute atomic E-state index is 0.0246. The van der Waals surface area contributed by atoms with Gasteiger partial charge in [-0.3, -0.25) is 4.79 Å². The van der Waals surface area contributed by atoms with E-state index in [4.69, 9.17) is 9.47 Å². The normalized spacial score (nSPS) is 23.0. The highest BCUT2D eigenvalue weighted by Crippen LogP contribution is 2.58. The summed E-state index contributed by atoms with van der Waals surface area (Å²) in [5.41, 5.74) is 4.48. The molecule has 5 rings (SSSR count). The Bertz CT molecular complexity index is 933. The van der Waals surface area contributed by atoms with E-state index in [1.807, 2.05) is 18.2 Å². The van der Waals surface area contributed by atoms with Crippen molar-refractivity contribution < 1.29 is 14.3 Å². The highest BCUT2D eigenvalue weighted by atomic mass is 16.5. The maximum absolute atomic E-state index is 13.5. The number of methoxy groups -OCH3 is 1. The van der Waals surface area contributed by atoms with Crippen molar-refractivity contribution in [2.24, 2.45) is 5.41 Å². The maximum Gasteiger partial charge on any atom is 0.318 e. The van der Waals surface area contributed by atoms with Crippen LogP contribution in [0.2, 0.25) is 0 Å². The van der Waals surface area contributed by atoms with Crippen molar-refractivity contribution in [2.75, 3.05) is 7.11 Å². The molecule has 1 fully saturated rings. The average Bonchev–Trinajstić information content (AvgIpc) is 2.76. The van der Waals surface area contributed by atoms with Crippen molar-refractivity contribution in [1.82, 2.24) is 0 Å². The van der Waals surface area contributed by atoms with Crippen LogP contribution in [0.3, 0.4) is 0 Å². The molecule has 0 aromatic heterocycles. The van der Waals surface area contributed by atoms with E-state index < -0.39 is 5.41 Å². The minimum atomic E-state index is -0.419. The van der Waals surface area contributed by atoms with Crippen LogP contribution in [0, 0.1) is 5.41 Å². The number of benzene rings is 2. The highest BCUT2D eigenvalue weighted by molar-refractivity contribution is 5.90. The van der Waals surface area contributed by atoms with Crippen LogP contribution < -0.4 is 4.74 Å². The molecule has 0 saturated heterocycles. The minimum Gasteiger partial charge on any atom is -0.497 e. The van der Waals surface area contributed by atoms with Gasteiger partial charge in [-0.15, -0.1) is 0 Å². The van der Waals surface area contributed by atoms with Gasteiger partial charge in [0.05, 0.1) is 12.5 Å². The SMILES string of the molecule is COc1ccc(C2C3=C(OC(=O)C24CCCCC4)c2ccccc2CC3)cc1. The number of esters is 1. The van der Waals surface area contributed by atoms with Gasteiger partial charge >= 0.3 is 5.97 Å². The molecule has 1 aliphatic heterocycles. The van der Waals surface area contributed by atoms with Gasteiger partial charge in [0.15, 0.2) is 0 Å². The van der Waals surface area contributed by atoms with Crippen LogP contribution in [0.15, 0.2) is 54.1 Å². The molecule has 3 nitrogen and oxygen atoms in total. The monoisotopic (exact) mass is 374 g/mol. The Kier molecular flexibility index (Phi) is 4.26. The number of aryl methyl sites for hydroxylation is 1. The Labute approximate surface area is 166 Å². The maximum atomic E-state index is 13.5. The fourth-order valence-corrected chi connectivity index (χ4v) is 5.55. The summed E-state index contributed by atoms with van der Waals surface area (Å²) in [5.74, 6) is 1.75. The molecule has 1 spiro atoms. The molecular formula is C25H26O3. The molecule has 144 valence electrons. The number of carbonyl (C=O) groups is 1. The lowest BCUT2D eigenvalue weighted by Gasteiger charge is -2.47. The molecule has 1 unspecified atom stereocenters. The lowest BCUT2D eigenvalue weighted by atomic mass is 9.59. The zero-order valence-electron chi connectivity index (χ0n) is 16.4. The third-order valence-electron chi connectivity index (χ3n) is 6.91. The number of hydrogen-bond donors (Lipinski definition) is 0. The van der Waals surface area contributed by atoms with E-state index in [0.29, 0.717) is 0 Å². The number of carbonyl (C=O) groups excluding carboxylic acids is 1. The van der Waals surface area contributed by atoms with Crippen molar-refractivity contribution in [3.05, 3.63) is 70.8 Å². The van der Waals surface area contributed by atoms with E-state index in [1.54, 1.807) is 7.11 Å².